The molecule has 148 valence electrons. The van der Waals surface area contributed by atoms with E-state index in [1.165, 1.54) is 43.4 Å². The normalized spacial score (nSPS) is 13.8. The summed E-state index contributed by atoms with van der Waals surface area (Å²) in [5, 5.41) is 5.73. The van der Waals surface area contributed by atoms with Crippen LogP contribution in [-0.2, 0) is 10.0 Å². The number of carbonyl (C=O) groups is 2. The Morgan fingerprint density at radius 3 is 2.29 bits per heavy atom. The minimum Gasteiger partial charge on any atom is -0.349 e. The number of amides is 2. The van der Waals surface area contributed by atoms with Crippen molar-refractivity contribution in [3.8, 4) is 0 Å². The summed E-state index contributed by atoms with van der Waals surface area (Å²) in [6.07, 6.45) is 1.92. The van der Waals surface area contributed by atoms with Gasteiger partial charge >= 0.3 is 0 Å². The summed E-state index contributed by atoms with van der Waals surface area (Å²) in [4.78, 5) is 24.6. The Kier molecular flexibility index (Phi) is 5.95. The van der Waals surface area contributed by atoms with Crippen LogP contribution < -0.4 is 15.4 Å². The molecule has 1 fully saturated rings. The van der Waals surface area contributed by atoms with Gasteiger partial charge in [0.05, 0.1) is 26.1 Å². The van der Waals surface area contributed by atoms with Crippen LogP contribution in [0.1, 0.15) is 33.6 Å². The summed E-state index contributed by atoms with van der Waals surface area (Å²) < 4.78 is 26.0. The Balaban J connectivity index is 1.80. The van der Waals surface area contributed by atoms with Crippen molar-refractivity contribution < 1.29 is 18.0 Å². The third-order valence-corrected chi connectivity index (χ3v) is 6.20. The number of rotatable bonds is 6. The molecule has 3 rings (SSSR count). The molecule has 10 heteroatoms. The maximum Gasteiger partial charge on any atom is 0.257 e. The lowest BCUT2D eigenvalue weighted by Gasteiger charge is -2.11. The van der Waals surface area contributed by atoms with E-state index in [-0.39, 0.29) is 32.5 Å². The lowest BCUT2D eigenvalue weighted by molar-refractivity contribution is 0.0950. The lowest BCUT2D eigenvalue weighted by Crippen LogP contribution is -2.25. The Bertz CT molecular complexity index is 1050. The predicted molar refractivity (Wildman–Crippen MR) is 108 cm³/mol. The molecule has 0 atom stereocenters. The fourth-order valence-electron chi connectivity index (χ4n) is 2.43. The molecule has 0 heterocycles. The number of sulfonamides is 1. The van der Waals surface area contributed by atoms with Gasteiger partial charge < -0.3 is 10.6 Å². The number of hydrogen-bond acceptors (Lipinski definition) is 4. The molecular formula is C18H17Cl2N3O4S. The number of benzene rings is 2. The van der Waals surface area contributed by atoms with Gasteiger partial charge in [0.1, 0.15) is 0 Å². The van der Waals surface area contributed by atoms with E-state index in [9.17, 15) is 18.0 Å². The zero-order valence-electron chi connectivity index (χ0n) is 14.8. The lowest BCUT2D eigenvalue weighted by atomic mass is 10.1. The first-order valence-electron chi connectivity index (χ1n) is 8.36. The highest BCUT2D eigenvalue weighted by Gasteiger charge is 2.25. The average molecular weight is 442 g/mol. The summed E-state index contributed by atoms with van der Waals surface area (Å²) in [6.45, 7) is 0. The molecule has 0 bridgehead atoms. The molecule has 0 spiro atoms. The molecule has 0 saturated heterocycles. The summed E-state index contributed by atoms with van der Waals surface area (Å²) in [7, 11) is -2.45. The summed E-state index contributed by atoms with van der Waals surface area (Å²) in [5.74, 6) is -0.872. The second kappa shape index (κ2) is 8.08. The van der Waals surface area contributed by atoms with Crippen LogP contribution in [0.25, 0.3) is 0 Å². The first-order chi connectivity index (χ1) is 13.2. The summed E-state index contributed by atoms with van der Waals surface area (Å²) >= 11 is 12.2. The van der Waals surface area contributed by atoms with Gasteiger partial charge in [0, 0.05) is 11.7 Å². The molecule has 1 aliphatic rings. The van der Waals surface area contributed by atoms with Gasteiger partial charge in [-0.05, 0) is 56.3 Å². The molecule has 2 amide bonds. The highest BCUT2D eigenvalue weighted by Crippen LogP contribution is 2.26. The van der Waals surface area contributed by atoms with Gasteiger partial charge in [-0.15, -0.1) is 0 Å². The van der Waals surface area contributed by atoms with Gasteiger partial charge in [0.2, 0.25) is 10.0 Å². The number of hydrogen-bond donors (Lipinski definition) is 3. The zero-order valence-corrected chi connectivity index (χ0v) is 17.1. The molecule has 0 aromatic heterocycles. The van der Waals surface area contributed by atoms with Crippen molar-refractivity contribution in [2.75, 3.05) is 12.4 Å². The fraction of sp³-hybridized carbons (Fsp3) is 0.222. The Hall–Kier alpha value is -2.13. The van der Waals surface area contributed by atoms with E-state index in [1.54, 1.807) is 0 Å². The number of anilines is 1. The van der Waals surface area contributed by atoms with Crippen LogP contribution in [0.15, 0.2) is 41.3 Å². The third-order valence-electron chi connectivity index (χ3n) is 4.15. The van der Waals surface area contributed by atoms with Crippen LogP contribution in [-0.4, -0.2) is 33.3 Å². The molecule has 1 saturated carbocycles. The minimum absolute atomic E-state index is 0.00957. The Morgan fingerprint density at radius 2 is 1.68 bits per heavy atom. The van der Waals surface area contributed by atoms with E-state index in [0.717, 1.165) is 12.8 Å². The van der Waals surface area contributed by atoms with E-state index in [4.69, 9.17) is 23.2 Å². The third kappa shape index (κ3) is 4.64. The highest BCUT2D eigenvalue weighted by atomic mass is 35.5. The topological polar surface area (TPSA) is 104 Å². The van der Waals surface area contributed by atoms with Crippen molar-refractivity contribution in [2.45, 2.75) is 23.8 Å². The van der Waals surface area contributed by atoms with Crippen LogP contribution in [0.4, 0.5) is 5.69 Å². The predicted octanol–water partition coefficient (Wildman–Crippen LogP) is 3.05. The standard InChI is InChI=1S/C18H17Cl2N3O4S/c1-21-28(26,27)12-5-7-15(19)14(9-12)18(25)23-11-4-6-13(16(20)8-11)17(24)22-10-2-3-10/h4-10,21H,2-3H2,1H3,(H,22,24)(H,23,25). The van der Waals surface area contributed by atoms with Crippen LogP contribution in [0, 0.1) is 0 Å². The van der Waals surface area contributed by atoms with Crippen LogP contribution in [0.5, 0.6) is 0 Å². The van der Waals surface area contributed by atoms with Crippen molar-refractivity contribution in [2.24, 2.45) is 0 Å². The van der Waals surface area contributed by atoms with E-state index in [2.05, 4.69) is 15.4 Å². The molecule has 0 unspecified atom stereocenters. The molecule has 3 N–H and O–H groups in total. The van der Waals surface area contributed by atoms with Gasteiger partial charge in [0.25, 0.3) is 11.8 Å². The summed E-state index contributed by atoms with van der Waals surface area (Å²) in [6, 6.07) is 8.51. The van der Waals surface area contributed by atoms with Crippen LogP contribution in [0.3, 0.4) is 0 Å². The molecule has 28 heavy (non-hydrogen) atoms. The minimum atomic E-state index is -3.72. The molecular weight excluding hydrogens is 425 g/mol. The average Bonchev–Trinajstić information content (AvgIpc) is 3.45. The maximum absolute atomic E-state index is 12.6. The fourth-order valence-corrected chi connectivity index (χ4v) is 3.66. The zero-order chi connectivity index (χ0) is 20.5. The second-order valence-corrected chi connectivity index (χ2v) is 8.95. The van der Waals surface area contributed by atoms with Gasteiger partial charge in [0.15, 0.2) is 0 Å². The monoisotopic (exact) mass is 441 g/mol. The Labute approximate surface area is 172 Å². The molecule has 0 radical (unpaired) electrons. The van der Waals surface area contributed by atoms with Crippen molar-refractivity contribution in [3.63, 3.8) is 0 Å². The smallest absolute Gasteiger partial charge is 0.257 e. The van der Waals surface area contributed by atoms with E-state index >= 15 is 0 Å². The first-order valence-corrected chi connectivity index (χ1v) is 10.6. The number of nitrogens with one attached hydrogen (secondary N) is 3. The highest BCUT2D eigenvalue weighted by molar-refractivity contribution is 7.89. The maximum atomic E-state index is 12.6. The molecule has 7 nitrogen and oxygen atoms in total. The van der Waals surface area contributed by atoms with Gasteiger partial charge in [-0.2, -0.15) is 0 Å². The Morgan fingerprint density at radius 1 is 0.964 bits per heavy atom. The van der Waals surface area contributed by atoms with Crippen molar-refractivity contribution in [1.82, 2.24) is 10.0 Å². The molecule has 2 aromatic carbocycles. The van der Waals surface area contributed by atoms with Gasteiger partial charge in [-0.25, -0.2) is 13.1 Å². The first kappa shape index (κ1) is 20.6. The molecule has 2 aromatic rings. The van der Waals surface area contributed by atoms with Gasteiger partial charge in [-0.3, -0.25) is 9.59 Å². The summed E-state index contributed by atoms with van der Waals surface area (Å²) in [5.41, 5.74) is 0.646. The largest absolute Gasteiger partial charge is 0.349 e. The quantitative estimate of drug-likeness (QED) is 0.640. The van der Waals surface area contributed by atoms with Crippen molar-refractivity contribution >= 4 is 50.7 Å². The van der Waals surface area contributed by atoms with E-state index in [1.807, 2.05) is 0 Å². The van der Waals surface area contributed by atoms with Crippen LogP contribution in [0.2, 0.25) is 10.0 Å². The molecule has 1 aliphatic carbocycles. The number of carbonyl (C=O) groups excluding carboxylic acids is 2. The van der Waals surface area contributed by atoms with Crippen LogP contribution >= 0.6 is 23.2 Å². The second-order valence-electron chi connectivity index (χ2n) is 6.25. The SMILES string of the molecule is CNS(=O)(=O)c1ccc(Cl)c(C(=O)Nc2ccc(C(=O)NC3CC3)c(Cl)c2)c1. The van der Waals surface area contributed by atoms with E-state index < -0.39 is 15.9 Å². The van der Waals surface area contributed by atoms with Crippen molar-refractivity contribution in [3.05, 3.63) is 57.6 Å². The van der Waals surface area contributed by atoms with E-state index in [0.29, 0.717) is 11.3 Å². The van der Waals surface area contributed by atoms with Gasteiger partial charge in [-0.1, -0.05) is 23.2 Å². The van der Waals surface area contributed by atoms with Crippen molar-refractivity contribution in [1.29, 1.82) is 0 Å². The molecule has 0 aliphatic heterocycles. The number of halogens is 2.